The maximum Gasteiger partial charge on any atom is 0.0480 e. The summed E-state index contributed by atoms with van der Waals surface area (Å²) in [5.74, 6) is 0. The Hall–Kier alpha value is -1.32. The number of rotatable bonds is 6. The number of nitrogens with one attached hydrogen (secondary N) is 2. The summed E-state index contributed by atoms with van der Waals surface area (Å²) in [6.45, 7) is 6.43. The molecule has 2 N–H and O–H groups in total. The van der Waals surface area contributed by atoms with Gasteiger partial charge in [0.25, 0.3) is 0 Å². The van der Waals surface area contributed by atoms with Crippen LogP contribution in [0.1, 0.15) is 19.4 Å². The number of benzene rings is 1. The molecule has 0 atom stereocenters. The van der Waals surface area contributed by atoms with Crippen molar-refractivity contribution in [1.82, 2.24) is 15.2 Å². The maximum atomic E-state index is 3.61. The average Bonchev–Trinajstić information content (AvgIpc) is 2.67. The maximum absolute atomic E-state index is 3.61. The third kappa shape index (κ3) is 3.37. The van der Waals surface area contributed by atoms with Crippen molar-refractivity contribution in [1.29, 1.82) is 0 Å². The van der Waals surface area contributed by atoms with Crippen molar-refractivity contribution in [3.63, 3.8) is 0 Å². The minimum Gasteiger partial charge on any atom is -0.350 e. The highest BCUT2D eigenvalue weighted by molar-refractivity contribution is 5.83. The van der Waals surface area contributed by atoms with Gasteiger partial charge >= 0.3 is 0 Å². The Morgan fingerprint density at radius 3 is 2.68 bits per heavy atom. The molecular formula is C16H25N3. The number of para-hydroxylation sites is 1. The molecule has 0 fully saturated rings. The highest BCUT2D eigenvalue weighted by Gasteiger charge is 2.15. The highest BCUT2D eigenvalue weighted by atomic mass is 15.0. The van der Waals surface area contributed by atoms with E-state index in [0.717, 1.165) is 19.5 Å². The van der Waals surface area contributed by atoms with Crippen LogP contribution in [0.5, 0.6) is 0 Å². The van der Waals surface area contributed by atoms with Crippen LogP contribution in [0.2, 0.25) is 0 Å². The lowest BCUT2D eigenvalue weighted by atomic mass is 10.0. The van der Waals surface area contributed by atoms with Crippen LogP contribution in [-0.4, -0.2) is 30.2 Å². The molecule has 104 valence electrons. The summed E-state index contributed by atoms with van der Waals surface area (Å²) in [4.78, 5) is 0. The van der Waals surface area contributed by atoms with Gasteiger partial charge in [0.05, 0.1) is 0 Å². The van der Waals surface area contributed by atoms with Gasteiger partial charge in [-0.2, -0.15) is 0 Å². The van der Waals surface area contributed by atoms with E-state index in [0.29, 0.717) is 0 Å². The standard InChI is InChI=1S/C16H25N3/c1-16(2,12-17-3)18-10-9-13-11-19(4)15-8-6-5-7-14(13)15/h5-8,11,17-18H,9-10,12H2,1-4H3. The number of nitrogens with zero attached hydrogens (tertiary/aromatic N) is 1. The third-order valence-electron chi connectivity index (χ3n) is 3.60. The van der Waals surface area contributed by atoms with E-state index in [9.17, 15) is 0 Å². The summed E-state index contributed by atoms with van der Waals surface area (Å²) in [5, 5.41) is 8.21. The molecule has 0 aliphatic heterocycles. The second-order valence-electron chi connectivity index (χ2n) is 5.87. The van der Waals surface area contributed by atoms with Gasteiger partial charge in [-0.25, -0.2) is 0 Å². The molecule has 1 heterocycles. The van der Waals surface area contributed by atoms with Crippen molar-refractivity contribution in [2.45, 2.75) is 25.8 Å². The van der Waals surface area contributed by atoms with Gasteiger partial charge in [-0.1, -0.05) is 18.2 Å². The molecule has 2 rings (SSSR count). The minimum atomic E-state index is 0.138. The quantitative estimate of drug-likeness (QED) is 0.833. The zero-order valence-electron chi connectivity index (χ0n) is 12.5. The predicted molar refractivity (Wildman–Crippen MR) is 82.6 cm³/mol. The van der Waals surface area contributed by atoms with Crippen LogP contribution in [0.4, 0.5) is 0 Å². The van der Waals surface area contributed by atoms with Crippen molar-refractivity contribution < 1.29 is 0 Å². The number of aromatic nitrogens is 1. The minimum absolute atomic E-state index is 0.138. The van der Waals surface area contributed by atoms with Crippen LogP contribution in [-0.2, 0) is 13.5 Å². The monoisotopic (exact) mass is 259 g/mol. The molecule has 1 aromatic heterocycles. The van der Waals surface area contributed by atoms with Gasteiger partial charge in [-0.15, -0.1) is 0 Å². The lowest BCUT2D eigenvalue weighted by Gasteiger charge is -2.26. The van der Waals surface area contributed by atoms with Crippen LogP contribution in [0.15, 0.2) is 30.5 Å². The summed E-state index contributed by atoms with van der Waals surface area (Å²) in [6, 6.07) is 8.60. The molecular weight excluding hydrogens is 234 g/mol. The first-order valence-electron chi connectivity index (χ1n) is 6.96. The fourth-order valence-corrected chi connectivity index (χ4v) is 2.66. The van der Waals surface area contributed by atoms with Crippen LogP contribution >= 0.6 is 0 Å². The van der Waals surface area contributed by atoms with Gasteiger partial charge in [-0.3, -0.25) is 0 Å². The molecule has 0 aliphatic rings. The topological polar surface area (TPSA) is 29.0 Å². The molecule has 0 unspecified atom stereocenters. The number of hydrogen-bond acceptors (Lipinski definition) is 2. The fraction of sp³-hybridized carbons (Fsp3) is 0.500. The van der Waals surface area contributed by atoms with Crippen LogP contribution in [0.25, 0.3) is 10.9 Å². The van der Waals surface area contributed by atoms with E-state index in [4.69, 9.17) is 0 Å². The lowest BCUT2D eigenvalue weighted by molar-refractivity contribution is 0.379. The van der Waals surface area contributed by atoms with Crippen molar-refractivity contribution in [2.24, 2.45) is 7.05 Å². The SMILES string of the molecule is CNCC(C)(C)NCCc1cn(C)c2ccccc12. The normalized spacial score (nSPS) is 12.2. The Morgan fingerprint density at radius 2 is 1.95 bits per heavy atom. The van der Waals surface area contributed by atoms with E-state index >= 15 is 0 Å². The largest absolute Gasteiger partial charge is 0.350 e. The summed E-state index contributed by atoms with van der Waals surface area (Å²) in [6.07, 6.45) is 3.31. The molecule has 1 aromatic carbocycles. The molecule has 0 saturated heterocycles. The Morgan fingerprint density at radius 1 is 1.21 bits per heavy atom. The molecule has 0 spiro atoms. The number of hydrogen-bond donors (Lipinski definition) is 2. The van der Waals surface area contributed by atoms with Gasteiger partial charge < -0.3 is 15.2 Å². The van der Waals surface area contributed by atoms with Gasteiger partial charge in [0.15, 0.2) is 0 Å². The molecule has 2 aromatic rings. The van der Waals surface area contributed by atoms with Crippen LogP contribution < -0.4 is 10.6 Å². The zero-order valence-corrected chi connectivity index (χ0v) is 12.5. The first-order valence-corrected chi connectivity index (χ1v) is 6.96. The highest BCUT2D eigenvalue weighted by Crippen LogP contribution is 2.20. The zero-order chi connectivity index (χ0) is 13.9. The van der Waals surface area contributed by atoms with E-state index in [2.05, 4.69) is 66.6 Å². The number of likely N-dealkylation sites (N-methyl/N-ethyl adjacent to an activating group) is 1. The lowest BCUT2D eigenvalue weighted by Crippen LogP contribution is -2.47. The van der Waals surface area contributed by atoms with Crippen LogP contribution in [0.3, 0.4) is 0 Å². The molecule has 0 saturated carbocycles. The van der Waals surface area contributed by atoms with Crippen molar-refractivity contribution in [2.75, 3.05) is 20.1 Å². The van der Waals surface area contributed by atoms with Crippen molar-refractivity contribution >= 4 is 10.9 Å². The van der Waals surface area contributed by atoms with Gasteiger partial charge in [0.2, 0.25) is 0 Å². The predicted octanol–water partition coefficient (Wildman–Crippen LogP) is 2.31. The molecule has 3 heteroatoms. The molecule has 0 amide bonds. The van der Waals surface area contributed by atoms with E-state index < -0.39 is 0 Å². The molecule has 0 bridgehead atoms. The summed E-state index contributed by atoms with van der Waals surface area (Å²) in [5.41, 5.74) is 2.87. The third-order valence-corrected chi connectivity index (χ3v) is 3.60. The first kappa shape index (κ1) is 14.1. The Bertz CT molecular complexity index is 540. The summed E-state index contributed by atoms with van der Waals surface area (Å²) < 4.78 is 2.21. The molecule has 3 nitrogen and oxygen atoms in total. The summed E-state index contributed by atoms with van der Waals surface area (Å²) >= 11 is 0. The number of fused-ring (bicyclic) bond motifs is 1. The average molecular weight is 259 g/mol. The molecule has 0 radical (unpaired) electrons. The first-order chi connectivity index (χ1) is 9.03. The van der Waals surface area contributed by atoms with E-state index in [1.54, 1.807) is 0 Å². The van der Waals surface area contributed by atoms with Gasteiger partial charge in [0.1, 0.15) is 0 Å². The summed E-state index contributed by atoms with van der Waals surface area (Å²) in [7, 11) is 4.11. The second kappa shape index (κ2) is 5.76. The van der Waals surface area contributed by atoms with Crippen LogP contribution in [0, 0.1) is 0 Å². The van der Waals surface area contributed by atoms with E-state index in [1.165, 1.54) is 16.5 Å². The van der Waals surface area contributed by atoms with Gasteiger partial charge in [0, 0.05) is 36.2 Å². The van der Waals surface area contributed by atoms with Gasteiger partial charge in [-0.05, 0) is 45.5 Å². The Kier molecular flexibility index (Phi) is 4.27. The van der Waals surface area contributed by atoms with Crippen molar-refractivity contribution in [3.8, 4) is 0 Å². The van der Waals surface area contributed by atoms with E-state index in [-0.39, 0.29) is 5.54 Å². The Labute approximate surface area is 116 Å². The van der Waals surface area contributed by atoms with E-state index in [1.807, 2.05) is 7.05 Å². The molecule has 19 heavy (non-hydrogen) atoms. The Balaban J connectivity index is 2.03. The van der Waals surface area contributed by atoms with Crippen molar-refractivity contribution in [3.05, 3.63) is 36.0 Å². The molecule has 0 aliphatic carbocycles. The number of aryl methyl sites for hydroxylation is 1. The smallest absolute Gasteiger partial charge is 0.0480 e. The second-order valence-corrected chi connectivity index (χ2v) is 5.87. The fourth-order valence-electron chi connectivity index (χ4n) is 2.66.